The maximum Gasteiger partial charge on any atom is 0.388 e. The lowest BCUT2D eigenvalue weighted by atomic mass is 9.38. The summed E-state index contributed by atoms with van der Waals surface area (Å²) in [5.74, 6) is 6.47. The van der Waals surface area contributed by atoms with Gasteiger partial charge in [0.2, 0.25) is 0 Å². The molecule has 4 aliphatic heterocycles. The maximum absolute atomic E-state index is 5.08. The van der Waals surface area contributed by atoms with Gasteiger partial charge in [0.15, 0.2) is 17.5 Å². The smallest absolute Gasteiger partial charge is 0.388 e. The quantitative estimate of drug-likeness (QED) is 0.149. The molecule has 0 bridgehead atoms. The molecule has 0 amide bonds. The third-order valence-electron chi connectivity index (χ3n) is 11.5. The van der Waals surface area contributed by atoms with Crippen molar-refractivity contribution in [1.29, 1.82) is 0 Å². The van der Waals surface area contributed by atoms with Gasteiger partial charge in [-0.15, -0.1) is 0 Å². The molecule has 11 heteroatoms. The number of hydrogen-bond donors (Lipinski definition) is 0. The van der Waals surface area contributed by atoms with E-state index in [0.29, 0.717) is 17.5 Å². The molecule has 7 heterocycles. The van der Waals surface area contributed by atoms with Gasteiger partial charge in [-0.1, -0.05) is 115 Å². The minimum atomic E-state index is -0.168. The van der Waals surface area contributed by atoms with Crippen LogP contribution < -0.4 is 0 Å². The summed E-state index contributed by atoms with van der Waals surface area (Å²) in [6.07, 6.45) is 22.6. The Balaban J connectivity index is 1.03. The predicted octanol–water partition coefficient (Wildman–Crippen LogP) is 9.46. The van der Waals surface area contributed by atoms with E-state index in [0.717, 1.165) is 16.7 Å². The Morgan fingerprint density at radius 2 is 0.867 bits per heavy atom. The Hall–Kier alpha value is -7.78. The Bertz CT molecular complexity index is 2860. The zero-order valence-corrected chi connectivity index (χ0v) is 32.5. The number of fused-ring (bicyclic) bond motifs is 6. The van der Waals surface area contributed by atoms with Crippen molar-refractivity contribution >= 4 is 37.6 Å². The van der Waals surface area contributed by atoms with E-state index in [9.17, 15) is 0 Å². The molecule has 1 saturated heterocycles. The van der Waals surface area contributed by atoms with Gasteiger partial charge in [-0.05, 0) is 118 Å². The van der Waals surface area contributed by atoms with Crippen LogP contribution in [-0.2, 0) is 0 Å². The van der Waals surface area contributed by atoms with Gasteiger partial charge in [0.25, 0.3) is 0 Å². The standard InChI is InChI=1S/C49H35B3N8/c1-3-10-36(11-4-1)40-14-7-16-42(32-40)44-23-31-60-50(34-44)58-30-24-45(49-56-47(38-19-25-53-26-20-38)55-48(57-49)39-21-27-54-28-22-39)35-51(58)59-29-9-18-46(52(59)60)43-17-8-15-41(33-43)37-12-5-2-6-13-37/h1-35H. The first kappa shape index (κ1) is 35.4. The maximum atomic E-state index is 5.08. The molecule has 0 aliphatic carbocycles. The first-order valence-corrected chi connectivity index (χ1v) is 20.1. The highest BCUT2D eigenvalue weighted by atomic mass is 15.3. The van der Waals surface area contributed by atoms with Crippen LogP contribution in [0, 0.1) is 0 Å². The molecular weight excluding hydrogens is 733 g/mol. The Morgan fingerprint density at radius 3 is 1.50 bits per heavy atom. The summed E-state index contributed by atoms with van der Waals surface area (Å²) in [4.78, 5) is 23.5. The van der Waals surface area contributed by atoms with E-state index in [2.05, 4.69) is 188 Å². The average molecular weight is 768 g/mol. The van der Waals surface area contributed by atoms with Gasteiger partial charge < -0.3 is 14.2 Å². The number of benzene rings is 4. The number of aromatic nitrogens is 5. The highest BCUT2D eigenvalue weighted by Crippen LogP contribution is 2.39. The molecule has 0 saturated carbocycles. The van der Waals surface area contributed by atoms with Gasteiger partial charge in [-0.2, -0.15) is 0 Å². The van der Waals surface area contributed by atoms with Crippen LogP contribution in [0.15, 0.2) is 213 Å². The van der Waals surface area contributed by atoms with E-state index in [4.69, 9.17) is 15.0 Å². The molecule has 0 radical (unpaired) electrons. The molecule has 8 nitrogen and oxygen atoms in total. The third kappa shape index (κ3) is 6.56. The Labute approximate surface area is 350 Å². The Morgan fingerprint density at radius 1 is 0.383 bits per heavy atom. The second kappa shape index (κ2) is 15.2. The zero-order chi connectivity index (χ0) is 39.8. The van der Waals surface area contributed by atoms with Crippen molar-refractivity contribution in [3.05, 3.63) is 230 Å². The van der Waals surface area contributed by atoms with Crippen molar-refractivity contribution in [2.75, 3.05) is 0 Å². The van der Waals surface area contributed by atoms with E-state index >= 15 is 0 Å². The molecule has 3 aromatic heterocycles. The van der Waals surface area contributed by atoms with Crippen molar-refractivity contribution < 1.29 is 0 Å². The first-order valence-electron chi connectivity index (χ1n) is 20.1. The molecule has 60 heavy (non-hydrogen) atoms. The van der Waals surface area contributed by atoms with Crippen LogP contribution in [0.25, 0.3) is 61.6 Å². The predicted molar refractivity (Wildman–Crippen MR) is 244 cm³/mol. The van der Waals surface area contributed by atoms with E-state index in [1.807, 2.05) is 24.3 Å². The van der Waals surface area contributed by atoms with Crippen LogP contribution in [0.1, 0.15) is 17.0 Å². The first-order chi connectivity index (χ1) is 29.7. The van der Waals surface area contributed by atoms with Gasteiger partial charge in [0, 0.05) is 41.5 Å². The lowest BCUT2D eigenvalue weighted by molar-refractivity contribution is 0.625. The normalized spacial score (nSPS) is 15.2. The number of pyridine rings is 2. The van der Waals surface area contributed by atoms with Crippen LogP contribution in [-0.4, -0.2) is 60.0 Å². The molecule has 0 unspecified atom stereocenters. The van der Waals surface area contributed by atoms with Crippen molar-refractivity contribution in [1.82, 2.24) is 39.1 Å². The Kier molecular flexibility index (Phi) is 8.96. The average Bonchev–Trinajstić information content (AvgIpc) is 3.34. The number of rotatable bonds is 7. The minimum Gasteiger partial charge on any atom is -0.423 e. The number of nitrogens with zero attached hydrogens (tertiary/aromatic N) is 8. The van der Waals surface area contributed by atoms with Crippen LogP contribution in [0.4, 0.5) is 0 Å². The highest BCUT2D eigenvalue weighted by molar-refractivity contribution is 6.97. The highest BCUT2D eigenvalue weighted by Gasteiger charge is 2.53. The molecule has 0 spiro atoms. The van der Waals surface area contributed by atoms with Crippen molar-refractivity contribution in [2.24, 2.45) is 0 Å². The van der Waals surface area contributed by atoms with E-state index in [1.165, 1.54) is 44.4 Å². The lowest BCUT2D eigenvalue weighted by Crippen LogP contribution is -2.74. The van der Waals surface area contributed by atoms with Gasteiger partial charge in [0.05, 0.1) is 0 Å². The molecule has 0 N–H and O–H groups in total. The monoisotopic (exact) mass is 768 g/mol. The number of allylic oxidation sites excluding steroid dienone is 6. The summed E-state index contributed by atoms with van der Waals surface area (Å²) < 4.78 is 7.34. The largest absolute Gasteiger partial charge is 0.423 e. The third-order valence-corrected chi connectivity index (χ3v) is 11.5. The zero-order valence-electron chi connectivity index (χ0n) is 32.5. The van der Waals surface area contributed by atoms with Crippen LogP contribution in [0.3, 0.4) is 0 Å². The summed E-state index contributed by atoms with van der Waals surface area (Å²) in [5.41, 5.74) is 12.2. The fourth-order valence-electron chi connectivity index (χ4n) is 8.56. The molecule has 4 aromatic carbocycles. The molecule has 11 rings (SSSR count). The van der Waals surface area contributed by atoms with Crippen LogP contribution in [0.2, 0.25) is 0 Å². The molecule has 1 fully saturated rings. The van der Waals surface area contributed by atoms with Crippen LogP contribution in [0.5, 0.6) is 0 Å². The molecule has 4 aliphatic rings. The SMILES string of the molecule is C1=CN2B3C=C(c4nc(-c5ccncc5)nc(-c5ccncc5)n4)C=CN3B3C=C(c4cccc(-c5ccccc5)c4)C=CN3B2C(c2cccc(-c3ccccc3)c2)=C1. The number of hydrogen-bond acceptors (Lipinski definition) is 8. The van der Waals surface area contributed by atoms with Crippen molar-refractivity contribution in [2.45, 2.75) is 0 Å². The fraction of sp³-hybridized carbons (Fsp3) is 0. The molecule has 7 aromatic rings. The van der Waals surface area contributed by atoms with Gasteiger partial charge in [0.1, 0.15) is 0 Å². The van der Waals surface area contributed by atoms with Gasteiger partial charge in [-0.25, -0.2) is 15.0 Å². The summed E-state index contributed by atoms with van der Waals surface area (Å²) in [6.45, 7) is -0.381. The summed E-state index contributed by atoms with van der Waals surface area (Å²) in [6, 6.07) is 46.6. The van der Waals surface area contributed by atoms with Crippen molar-refractivity contribution in [3.63, 3.8) is 0 Å². The minimum absolute atomic E-state index is 0.101. The van der Waals surface area contributed by atoms with Crippen LogP contribution >= 0.6 is 0 Å². The van der Waals surface area contributed by atoms with Gasteiger partial charge in [-0.3, -0.25) is 9.97 Å². The second-order valence-electron chi connectivity index (χ2n) is 15.1. The van der Waals surface area contributed by atoms with E-state index < -0.39 is 0 Å². The summed E-state index contributed by atoms with van der Waals surface area (Å²) in [7, 11) is 0. The van der Waals surface area contributed by atoms with Crippen molar-refractivity contribution in [3.8, 4) is 45.0 Å². The lowest BCUT2D eigenvalue weighted by Gasteiger charge is -2.55. The second-order valence-corrected chi connectivity index (χ2v) is 15.1. The topological polar surface area (TPSA) is 74.2 Å². The molecule has 0 atom stereocenters. The van der Waals surface area contributed by atoms with Gasteiger partial charge >= 0.3 is 20.9 Å². The summed E-state index contributed by atoms with van der Waals surface area (Å²) in [5, 5.41) is 0. The van der Waals surface area contributed by atoms with E-state index in [1.54, 1.807) is 24.8 Å². The summed E-state index contributed by atoms with van der Waals surface area (Å²) >= 11 is 0. The molecular formula is C49H35B3N8. The fourth-order valence-corrected chi connectivity index (χ4v) is 8.56. The molecule has 280 valence electrons. The van der Waals surface area contributed by atoms with E-state index in [-0.39, 0.29) is 20.9 Å².